The first-order valence-corrected chi connectivity index (χ1v) is 9.52. The van der Waals surface area contributed by atoms with Crippen LogP contribution in [0.1, 0.15) is 18.5 Å². The van der Waals surface area contributed by atoms with Crippen LogP contribution in [-0.4, -0.2) is 51.6 Å². The number of aryl methyl sites for hydroxylation is 1. The second-order valence-corrected chi connectivity index (χ2v) is 8.05. The molecule has 0 atom stereocenters. The van der Waals surface area contributed by atoms with Crippen molar-refractivity contribution >= 4 is 10.0 Å². The second-order valence-electron chi connectivity index (χ2n) is 6.07. The van der Waals surface area contributed by atoms with E-state index in [0.29, 0.717) is 19.0 Å². The molecular formula is C15H21N5O2S. The molecule has 8 heteroatoms. The standard InChI is InChI=1S/C15H21N5O2S/c1-19-8-5-16-15(19)14-10-13(17-11-18-14)9-12-3-6-20(7-4-12)23(2,21)22/h5,8,10-12H,3-4,6-7,9H2,1-2H3. The van der Waals surface area contributed by atoms with Gasteiger partial charge in [-0.3, -0.25) is 0 Å². The van der Waals surface area contributed by atoms with Crippen molar-refractivity contribution in [1.29, 1.82) is 0 Å². The molecule has 3 rings (SSSR count). The summed E-state index contributed by atoms with van der Waals surface area (Å²) in [5.41, 5.74) is 1.80. The van der Waals surface area contributed by atoms with Crippen molar-refractivity contribution in [2.75, 3.05) is 19.3 Å². The first-order chi connectivity index (χ1) is 10.9. The Morgan fingerprint density at radius 3 is 2.57 bits per heavy atom. The van der Waals surface area contributed by atoms with Crippen molar-refractivity contribution < 1.29 is 8.42 Å². The summed E-state index contributed by atoms with van der Waals surface area (Å²) in [4.78, 5) is 13.0. The van der Waals surface area contributed by atoms with Crippen LogP contribution in [-0.2, 0) is 23.5 Å². The highest BCUT2D eigenvalue weighted by atomic mass is 32.2. The summed E-state index contributed by atoms with van der Waals surface area (Å²) in [5.74, 6) is 1.28. The molecule has 0 N–H and O–H groups in total. The number of nitrogens with zero attached hydrogens (tertiary/aromatic N) is 5. The van der Waals surface area contributed by atoms with Gasteiger partial charge in [-0.25, -0.2) is 27.7 Å². The highest BCUT2D eigenvalue weighted by Gasteiger charge is 2.25. The third kappa shape index (κ3) is 3.76. The molecule has 3 heterocycles. The van der Waals surface area contributed by atoms with Crippen LogP contribution >= 0.6 is 0 Å². The Kier molecular flexibility index (Phi) is 4.45. The molecule has 2 aromatic heterocycles. The first kappa shape index (κ1) is 16.1. The monoisotopic (exact) mass is 335 g/mol. The summed E-state index contributed by atoms with van der Waals surface area (Å²) in [7, 11) is -1.13. The minimum atomic E-state index is -3.07. The Balaban J connectivity index is 1.67. The zero-order valence-electron chi connectivity index (χ0n) is 13.4. The molecule has 0 amide bonds. The molecule has 0 saturated carbocycles. The third-order valence-corrected chi connectivity index (χ3v) is 5.62. The van der Waals surface area contributed by atoms with Crippen LogP contribution in [0.5, 0.6) is 0 Å². The highest BCUT2D eigenvalue weighted by Crippen LogP contribution is 2.23. The van der Waals surface area contributed by atoms with E-state index in [2.05, 4.69) is 15.0 Å². The van der Waals surface area contributed by atoms with Crippen molar-refractivity contribution in [1.82, 2.24) is 23.8 Å². The Labute approximate surface area is 136 Å². The van der Waals surface area contributed by atoms with E-state index in [0.717, 1.165) is 36.5 Å². The van der Waals surface area contributed by atoms with Crippen LogP contribution in [0.2, 0.25) is 0 Å². The van der Waals surface area contributed by atoms with Gasteiger partial charge in [0.15, 0.2) is 5.82 Å². The van der Waals surface area contributed by atoms with E-state index >= 15 is 0 Å². The predicted molar refractivity (Wildman–Crippen MR) is 87.1 cm³/mol. The topological polar surface area (TPSA) is 81.0 Å². The molecule has 0 radical (unpaired) electrons. The van der Waals surface area contributed by atoms with Gasteiger partial charge in [-0.2, -0.15) is 0 Å². The van der Waals surface area contributed by atoms with Crippen LogP contribution < -0.4 is 0 Å². The number of imidazole rings is 1. The van der Waals surface area contributed by atoms with Crippen molar-refractivity contribution in [3.05, 3.63) is 30.5 Å². The second kappa shape index (κ2) is 6.37. The number of hydrogen-bond donors (Lipinski definition) is 0. The van der Waals surface area contributed by atoms with Crippen molar-refractivity contribution in [2.24, 2.45) is 13.0 Å². The number of piperidine rings is 1. The molecule has 0 spiro atoms. The number of rotatable bonds is 4. The first-order valence-electron chi connectivity index (χ1n) is 7.67. The number of sulfonamides is 1. The van der Waals surface area contributed by atoms with Crippen LogP contribution in [0.15, 0.2) is 24.8 Å². The molecule has 0 unspecified atom stereocenters. The summed E-state index contributed by atoms with van der Waals surface area (Å²) in [6, 6.07) is 1.98. The van der Waals surface area contributed by atoms with E-state index in [-0.39, 0.29) is 0 Å². The van der Waals surface area contributed by atoms with Gasteiger partial charge in [0.1, 0.15) is 12.0 Å². The van der Waals surface area contributed by atoms with E-state index in [1.54, 1.807) is 16.8 Å². The van der Waals surface area contributed by atoms with Crippen LogP contribution in [0.4, 0.5) is 0 Å². The molecule has 124 valence electrons. The van der Waals surface area contributed by atoms with E-state index in [1.807, 2.05) is 23.9 Å². The van der Waals surface area contributed by atoms with Gasteiger partial charge in [0, 0.05) is 38.2 Å². The van der Waals surface area contributed by atoms with Crippen molar-refractivity contribution in [3.63, 3.8) is 0 Å². The normalized spacial score (nSPS) is 17.5. The van der Waals surface area contributed by atoms with E-state index in [1.165, 1.54) is 6.26 Å². The Bertz CT molecular complexity index is 779. The van der Waals surface area contributed by atoms with E-state index in [9.17, 15) is 8.42 Å². The Hall–Kier alpha value is -1.80. The van der Waals surface area contributed by atoms with Gasteiger partial charge in [-0.15, -0.1) is 0 Å². The summed E-state index contributed by atoms with van der Waals surface area (Å²) in [5, 5.41) is 0. The summed E-state index contributed by atoms with van der Waals surface area (Å²) in [6.07, 6.45) is 9.07. The lowest BCUT2D eigenvalue weighted by Gasteiger charge is -2.30. The summed E-state index contributed by atoms with van der Waals surface area (Å²) in [6.45, 7) is 1.20. The fraction of sp³-hybridized carbons (Fsp3) is 0.533. The van der Waals surface area contributed by atoms with Crippen molar-refractivity contribution in [3.8, 4) is 11.5 Å². The van der Waals surface area contributed by atoms with Crippen LogP contribution in [0.25, 0.3) is 11.5 Å². The van der Waals surface area contributed by atoms with Crippen LogP contribution in [0.3, 0.4) is 0 Å². The molecule has 23 heavy (non-hydrogen) atoms. The molecule has 7 nitrogen and oxygen atoms in total. The molecule has 1 saturated heterocycles. The average molecular weight is 335 g/mol. The van der Waals surface area contributed by atoms with Gasteiger partial charge in [0.05, 0.1) is 6.26 Å². The minimum absolute atomic E-state index is 0.456. The SMILES string of the molecule is Cn1ccnc1-c1cc(CC2CCN(S(C)(=O)=O)CC2)ncn1. The lowest BCUT2D eigenvalue weighted by Crippen LogP contribution is -2.38. The van der Waals surface area contributed by atoms with E-state index in [4.69, 9.17) is 0 Å². The fourth-order valence-electron chi connectivity index (χ4n) is 2.98. The molecule has 2 aromatic rings. The quantitative estimate of drug-likeness (QED) is 0.835. The van der Waals surface area contributed by atoms with Gasteiger partial charge >= 0.3 is 0 Å². The summed E-state index contributed by atoms with van der Waals surface area (Å²) >= 11 is 0. The zero-order chi connectivity index (χ0) is 16.4. The van der Waals surface area contributed by atoms with Gasteiger partial charge in [-0.1, -0.05) is 0 Å². The predicted octanol–water partition coefficient (Wildman–Crippen LogP) is 1.09. The maximum atomic E-state index is 11.6. The largest absolute Gasteiger partial charge is 0.333 e. The van der Waals surface area contributed by atoms with Gasteiger partial charge in [0.25, 0.3) is 0 Å². The maximum absolute atomic E-state index is 11.6. The minimum Gasteiger partial charge on any atom is -0.333 e. The molecule has 0 bridgehead atoms. The van der Waals surface area contributed by atoms with Gasteiger partial charge in [0.2, 0.25) is 10.0 Å². The molecule has 0 aromatic carbocycles. The average Bonchev–Trinajstić information content (AvgIpc) is 2.93. The summed E-state index contributed by atoms with van der Waals surface area (Å²) < 4.78 is 26.6. The van der Waals surface area contributed by atoms with Crippen molar-refractivity contribution in [2.45, 2.75) is 19.3 Å². The zero-order valence-corrected chi connectivity index (χ0v) is 14.2. The molecule has 1 fully saturated rings. The smallest absolute Gasteiger partial charge is 0.211 e. The van der Waals surface area contributed by atoms with Crippen LogP contribution in [0, 0.1) is 5.92 Å². The van der Waals surface area contributed by atoms with Gasteiger partial charge in [-0.05, 0) is 31.2 Å². The Morgan fingerprint density at radius 2 is 1.96 bits per heavy atom. The Morgan fingerprint density at radius 1 is 1.22 bits per heavy atom. The number of hydrogen-bond acceptors (Lipinski definition) is 5. The third-order valence-electron chi connectivity index (χ3n) is 4.31. The highest BCUT2D eigenvalue weighted by molar-refractivity contribution is 7.88. The molecule has 1 aliphatic rings. The lowest BCUT2D eigenvalue weighted by atomic mass is 9.93. The van der Waals surface area contributed by atoms with Gasteiger partial charge < -0.3 is 4.57 Å². The number of aromatic nitrogens is 4. The molecule has 0 aliphatic carbocycles. The fourth-order valence-corrected chi connectivity index (χ4v) is 3.86. The lowest BCUT2D eigenvalue weighted by molar-refractivity contribution is 0.273. The molecular weight excluding hydrogens is 314 g/mol. The van der Waals surface area contributed by atoms with E-state index < -0.39 is 10.0 Å². The maximum Gasteiger partial charge on any atom is 0.211 e. The molecule has 1 aliphatic heterocycles.